The van der Waals surface area contributed by atoms with Crippen molar-refractivity contribution in [3.8, 4) is 11.1 Å². The number of piperidine rings is 1. The molecule has 0 saturated carbocycles. The highest BCUT2D eigenvalue weighted by Gasteiger charge is 2.34. The predicted molar refractivity (Wildman–Crippen MR) is 116 cm³/mol. The Morgan fingerprint density at radius 2 is 1.54 bits per heavy atom. The second-order valence-electron chi connectivity index (χ2n) is 7.96. The molecular formula is C24H25ClN2O. The summed E-state index contributed by atoms with van der Waals surface area (Å²) in [5.74, 6) is 1.06. The van der Waals surface area contributed by atoms with Crippen molar-refractivity contribution in [2.45, 2.75) is 25.4 Å². The smallest absolute Gasteiger partial charge is 0.250 e. The Hall–Kier alpha value is -2.36. The Morgan fingerprint density at radius 3 is 2.32 bits per heavy atom. The molecule has 1 fully saturated rings. The molecule has 0 aliphatic carbocycles. The standard InChI is InChI=1S/C24H24N2O.ClH/c27-24-8-4-7-23-22-13-19(16-26(23)24)15-25(17-22)14-18-9-11-21(12-10-18)20-5-2-1-3-6-20;/h1-12,19,22H,13-17H2;1H. The van der Waals surface area contributed by atoms with Gasteiger partial charge in [-0.05, 0) is 35.1 Å². The maximum Gasteiger partial charge on any atom is 0.250 e. The van der Waals surface area contributed by atoms with Crippen molar-refractivity contribution in [3.63, 3.8) is 0 Å². The minimum Gasteiger partial charge on any atom is -0.312 e. The highest BCUT2D eigenvalue weighted by molar-refractivity contribution is 5.85. The quantitative estimate of drug-likeness (QED) is 0.653. The van der Waals surface area contributed by atoms with E-state index in [1.807, 2.05) is 10.6 Å². The molecule has 0 N–H and O–H groups in total. The topological polar surface area (TPSA) is 25.2 Å². The number of likely N-dealkylation sites (tertiary alicyclic amines) is 1. The fourth-order valence-electron chi connectivity index (χ4n) is 4.82. The number of nitrogens with zero attached hydrogens (tertiary/aromatic N) is 2. The second-order valence-corrected chi connectivity index (χ2v) is 7.96. The molecule has 3 heterocycles. The normalized spacial score (nSPS) is 20.9. The number of benzene rings is 2. The van der Waals surface area contributed by atoms with Gasteiger partial charge in [0.1, 0.15) is 0 Å². The van der Waals surface area contributed by atoms with Gasteiger partial charge >= 0.3 is 0 Å². The third-order valence-electron chi connectivity index (χ3n) is 6.02. The zero-order valence-electron chi connectivity index (χ0n) is 15.8. The van der Waals surface area contributed by atoms with Crippen molar-refractivity contribution in [2.24, 2.45) is 5.92 Å². The lowest BCUT2D eigenvalue weighted by molar-refractivity contribution is 0.114. The molecule has 2 aliphatic rings. The molecule has 2 atom stereocenters. The molecular weight excluding hydrogens is 368 g/mol. The average Bonchev–Trinajstić information content (AvgIpc) is 2.70. The molecule has 1 saturated heterocycles. The van der Waals surface area contributed by atoms with E-state index in [1.54, 1.807) is 6.07 Å². The van der Waals surface area contributed by atoms with Gasteiger partial charge in [0.15, 0.2) is 0 Å². The summed E-state index contributed by atoms with van der Waals surface area (Å²) in [6.07, 6.45) is 1.22. The summed E-state index contributed by atoms with van der Waals surface area (Å²) in [6, 6.07) is 25.2. The van der Waals surface area contributed by atoms with Crippen LogP contribution in [-0.2, 0) is 13.1 Å². The lowest BCUT2D eigenvalue weighted by Gasteiger charge is -2.42. The van der Waals surface area contributed by atoms with Crippen LogP contribution in [0, 0.1) is 5.92 Å². The van der Waals surface area contributed by atoms with Gasteiger partial charge < -0.3 is 4.57 Å². The number of hydrogen-bond donors (Lipinski definition) is 0. The Morgan fingerprint density at radius 1 is 0.786 bits per heavy atom. The number of halogens is 1. The van der Waals surface area contributed by atoms with Gasteiger partial charge in [-0.2, -0.15) is 0 Å². The molecule has 28 heavy (non-hydrogen) atoms. The van der Waals surface area contributed by atoms with E-state index in [9.17, 15) is 4.79 Å². The molecule has 2 unspecified atom stereocenters. The van der Waals surface area contributed by atoms with Crippen LogP contribution in [-0.4, -0.2) is 22.6 Å². The molecule has 2 aromatic carbocycles. The van der Waals surface area contributed by atoms with Crippen LogP contribution in [0.3, 0.4) is 0 Å². The average molecular weight is 393 g/mol. The molecule has 0 spiro atoms. The fourth-order valence-corrected chi connectivity index (χ4v) is 4.82. The highest BCUT2D eigenvalue weighted by atomic mass is 35.5. The van der Waals surface area contributed by atoms with E-state index in [-0.39, 0.29) is 18.0 Å². The number of pyridine rings is 1. The Labute approximate surface area is 172 Å². The summed E-state index contributed by atoms with van der Waals surface area (Å²) < 4.78 is 2.00. The van der Waals surface area contributed by atoms with Gasteiger partial charge in [0.25, 0.3) is 5.56 Å². The largest absolute Gasteiger partial charge is 0.312 e. The molecule has 4 heteroatoms. The van der Waals surface area contributed by atoms with Gasteiger partial charge in [-0.25, -0.2) is 0 Å². The Kier molecular flexibility index (Phi) is 5.38. The SMILES string of the molecule is Cl.O=c1cccc2n1CC1CC2CN(Cc2ccc(-c3ccccc3)cc2)C1. The Bertz CT molecular complexity index is 997. The predicted octanol–water partition coefficient (Wildman–Crippen LogP) is 4.56. The molecule has 5 rings (SSSR count). The minimum absolute atomic E-state index is 0. The van der Waals surface area contributed by atoms with E-state index in [4.69, 9.17) is 0 Å². The van der Waals surface area contributed by atoms with Crippen LogP contribution >= 0.6 is 12.4 Å². The Balaban J connectivity index is 0.00000192. The molecule has 3 nitrogen and oxygen atoms in total. The maximum atomic E-state index is 12.2. The third kappa shape index (κ3) is 3.65. The van der Waals surface area contributed by atoms with Crippen LogP contribution in [0.5, 0.6) is 0 Å². The van der Waals surface area contributed by atoms with E-state index in [0.717, 1.165) is 26.2 Å². The monoisotopic (exact) mass is 392 g/mol. The molecule has 0 amide bonds. The number of aromatic nitrogens is 1. The first-order valence-corrected chi connectivity index (χ1v) is 9.83. The lowest BCUT2D eigenvalue weighted by atomic mass is 9.83. The fraction of sp³-hybridized carbons (Fsp3) is 0.292. The second kappa shape index (κ2) is 7.94. The zero-order valence-corrected chi connectivity index (χ0v) is 16.6. The number of rotatable bonds is 3. The van der Waals surface area contributed by atoms with E-state index in [1.165, 1.54) is 28.8 Å². The minimum atomic E-state index is 0. The van der Waals surface area contributed by atoms with Crippen LogP contribution in [0.4, 0.5) is 0 Å². The van der Waals surface area contributed by atoms with E-state index in [0.29, 0.717) is 11.8 Å². The van der Waals surface area contributed by atoms with Gasteiger partial charge in [-0.3, -0.25) is 9.69 Å². The lowest BCUT2D eigenvalue weighted by Crippen LogP contribution is -2.46. The van der Waals surface area contributed by atoms with Crippen molar-refractivity contribution in [1.82, 2.24) is 9.47 Å². The van der Waals surface area contributed by atoms with Crippen molar-refractivity contribution in [2.75, 3.05) is 13.1 Å². The highest BCUT2D eigenvalue weighted by Crippen LogP contribution is 2.35. The van der Waals surface area contributed by atoms with Crippen molar-refractivity contribution in [3.05, 3.63) is 94.4 Å². The third-order valence-corrected chi connectivity index (χ3v) is 6.02. The molecule has 0 radical (unpaired) electrons. The first-order valence-electron chi connectivity index (χ1n) is 9.83. The van der Waals surface area contributed by atoms with Crippen LogP contribution < -0.4 is 5.56 Å². The van der Waals surface area contributed by atoms with Crippen LogP contribution in [0.15, 0.2) is 77.6 Å². The molecule has 2 aliphatic heterocycles. The van der Waals surface area contributed by atoms with E-state index >= 15 is 0 Å². The van der Waals surface area contributed by atoms with E-state index in [2.05, 4.69) is 65.6 Å². The van der Waals surface area contributed by atoms with Gasteiger partial charge in [-0.15, -0.1) is 12.4 Å². The van der Waals surface area contributed by atoms with Crippen LogP contribution in [0.25, 0.3) is 11.1 Å². The van der Waals surface area contributed by atoms with Gasteiger partial charge in [0.2, 0.25) is 0 Å². The molecule has 144 valence electrons. The summed E-state index contributed by atoms with van der Waals surface area (Å²) in [5.41, 5.74) is 5.27. The molecule has 2 bridgehead atoms. The summed E-state index contributed by atoms with van der Waals surface area (Å²) in [5, 5.41) is 0. The first kappa shape index (κ1) is 19.0. The summed E-state index contributed by atoms with van der Waals surface area (Å²) >= 11 is 0. The van der Waals surface area contributed by atoms with Crippen molar-refractivity contribution >= 4 is 12.4 Å². The van der Waals surface area contributed by atoms with Crippen molar-refractivity contribution < 1.29 is 0 Å². The van der Waals surface area contributed by atoms with Crippen LogP contribution in [0.1, 0.15) is 23.6 Å². The van der Waals surface area contributed by atoms with Gasteiger partial charge in [0.05, 0.1) is 0 Å². The first-order chi connectivity index (χ1) is 13.3. The number of hydrogen-bond acceptors (Lipinski definition) is 2. The summed E-state index contributed by atoms with van der Waals surface area (Å²) in [6.45, 7) is 3.98. The van der Waals surface area contributed by atoms with Gasteiger partial charge in [0, 0.05) is 43.9 Å². The molecule has 1 aromatic heterocycles. The summed E-state index contributed by atoms with van der Waals surface area (Å²) in [7, 11) is 0. The van der Waals surface area contributed by atoms with Crippen molar-refractivity contribution in [1.29, 1.82) is 0 Å². The zero-order chi connectivity index (χ0) is 18.2. The van der Waals surface area contributed by atoms with E-state index < -0.39 is 0 Å². The molecule has 3 aromatic rings. The number of fused-ring (bicyclic) bond motifs is 4. The maximum absolute atomic E-state index is 12.2. The van der Waals surface area contributed by atoms with Crippen LogP contribution in [0.2, 0.25) is 0 Å². The summed E-state index contributed by atoms with van der Waals surface area (Å²) in [4.78, 5) is 14.7. The van der Waals surface area contributed by atoms with Gasteiger partial charge in [-0.1, -0.05) is 60.7 Å².